The quantitative estimate of drug-likeness (QED) is 0.107. The van der Waals surface area contributed by atoms with E-state index in [1.165, 1.54) is 0 Å². The molecular formula is C68H44IrN5. The molecule has 0 saturated carbocycles. The standard InChI is InChI=1S/C68H44N5.Ir/c1-44-68-66-61(46-16-4-3-5-17-46)36-39-71-67(66)62-35-34-51(43-65(62)73(68)45(2)72-44)57-20-8-11-23-60(57)54-41-52(58-21-9-6-18-55(58)47-26-30-49(31-27-47)63-24-12-14-37-69-63)40-53(42-54)59-22-10-7-19-56(59)48-28-32-50(33-29-48)64-25-13-15-38-70-64;/h3-30,32,34,36-43H,1-2H3;/q-3;+3. The SMILES string of the molecule is Cc1nc(C)n2c3cc(-c4ccccc4-c4cc(-c5ccccc5-c5c[c-]c(-c6ccccn6)cc5)cc(-c5ccccc5-c5c[c-]c(-c6ccccn6)cc5)c4)c[c-]c3c3nccc(-c4ccccc4)c3c12.[Ir+3]. The number of fused-ring (bicyclic) bond motifs is 6. The first-order valence-corrected chi connectivity index (χ1v) is 24.5. The van der Waals surface area contributed by atoms with E-state index < -0.39 is 0 Å². The van der Waals surface area contributed by atoms with Gasteiger partial charge in [0.1, 0.15) is 5.82 Å². The van der Waals surface area contributed by atoms with E-state index in [2.05, 4.69) is 222 Å². The number of imidazole rings is 1. The van der Waals surface area contributed by atoms with Crippen molar-refractivity contribution in [3.05, 3.63) is 261 Å². The Morgan fingerprint density at radius 2 is 0.851 bits per heavy atom. The van der Waals surface area contributed by atoms with E-state index in [0.717, 1.165) is 139 Å². The minimum Gasteiger partial charge on any atom is -0.339 e. The van der Waals surface area contributed by atoms with Gasteiger partial charge in [0.05, 0.1) is 11.2 Å². The third-order valence-corrected chi connectivity index (χ3v) is 14.0. The van der Waals surface area contributed by atoms with Gasteiger partial charge < -0.3 is 19.4 Å². The summed E-state index contributed by atoms with van der Waals surface area (Å²) in [5.41, 5.74) is 23.1. The summed E-state index contributed by atoms with van der Waals surface area (Å²) in [5, 5.41) is 2.04. The largest absolute Gasteiger partial charge is 3.00 e. The summed E-state index contributed by atoms with van der Waals surface area (Å²) in [6.07, 6.45) is 5.56. The van der Waals surface area contributed by atoms with Crippen LogP contribution in [0, 0.1) is 32.0 Å². The molecule has 6 heteroatoms. The van der Waals surface area contributed by atoms with Crippen LogP contribution in [0.25, 0.3) is 128 Å². The average Bonchev–Trinajstić information content (AvgIpc) is 3.78. The molecule has 13 rings (SSSR count). The molecule has 5 aromatic heterocycles. The minimum atomic E-state index is 0. The zero-order valence-electron chi connectivity index (χ0n) is 40.5. The van der Waals surface area contributed by atoms with Crippen LogP contribution in [-0.2, 0) is 20.1 Å². The van der Waals surface area contributed by atoms with E-state index >= 15 is 0 Å². The molecule has 5 heterocycles. The molecule has 350 valence electrons. The number of nitrogens with zero attached hydrogens (tertiary/aromatic N) is 5. The molecule has 0 aliphatic carbocycles. The zero-order chi connectivity index (χ0) is 48.8. The molecule has 0 unspecified atom stereocenters. The van der Waals surface area contributed by atoms with Crippen molar-refractivity contribution in [2.24, 2.45) is 0 Å². The molecule has 0 saturated heterocycles. The van der Waals surface area contributed by atoms with Gasteiger partial charge in [-0.1, -0.05) is 161 Å². The minimum absolute atomic E-state index is 0. The van der Waals surface area contributed by atoms with Crippen molar-refractivity contribution in [1.82, 2.24) is 24.3 Å². The van der Waals surface area contributed by atoms with Gasteiger partial charge in [-0.3, -0.25) is 0 Å². The molecule has 74 heavy (non-hydrogen) atoms. The molecule has 0 fully saturated rings. The normalized spacial score (nSPS) is 11.3. The number of pyridine rings is 4. The van der Waals surface area contributed by atoms with Crippen LogP contribution < -0.4 is 0 Å². The zero-order valence-corrected chi connectivity index (χ0v) is 42.9. The van der Waals surface area contributed by atoms with Crippen molar-refractivity contribution in [2.45, 2.75) is 13.8 Å². The fourth-order valence-electron chi connectivity index (χ4n) is 10.6. The van der Waals surface area contributed by atoms with Crippen LogP contribution in [0.15, 0.2) is 231 Å². The second-order valence-electron chi connectivity index (χ2n) is 18.4. The van der Waals surface area contributed by atoms with E-state index in [1.54, 1.807) is 0 Å². The van der Waals surface area contributed by atoms with Crippen LogP contribution in [0.1, 0.15) is 11.5 Å². The first kappa shape index (κ1) is 46.2. The fourth-order valence-corrected chi connectivity index (χ4v) is 10.6. The molecule has 5 nitrogen and oxygen atoms in total. The van der Waals surface area contributed by atoms with Crippen LogP contribution in [-0.4, -0.2) is 24.3 Å². The summed E-state index contributed by atoms with van der Waals surface area (Å²) in [4.78, 5) is 19.3. The van der Waals surface area contributed by atoms with Gasteiger partial charge in [-0.25, -0.2) is 4.98 Å². The molecular weight excluding hydrogens is 1080 g/mol. The number of aryl methyl sites for hydroxylation is 2. The van der Waals surface area contributed by atoms with E-state index in [0.29, 0.717) is 0 Å². The first-order chi connectivity index (χ1) is 36.0. The van der Waals surface area contributed by atoms with Gasteiger partial charge in [0.2, 0.25) is 0 Å². The monoisotopic (exact) mass is 1120 g/mol. The van der Waals surface area contributed by atoms with Crippen molar-refractivity contribution in [1.29, 1.82) is 0 Å². The van der Waals surface area contributed by atoms with Gasteiger partial charge in [0.15, 0.2) is 0 Å². The second kappa shape index (κ2) is 19.6. The maximum Gasteiger partial charge on any atom is 3.00 e. The number of hydrogen-bond donors (Lipinski definition) is 0. The summed E-state index contributed by atoms with van der Waals surface area (Å²) in [6, 6.07) is 85.8. The number of aromatic nitrogens is 5. The molecule has 0 amide bonds. The second-order valence-corrected chi connectivity index (χ2v) is 18.4. The molecule has 0 spiro atoms. The van der Waals surface area contributed by atoms with Crippen LogP contribution in [0.2, 0.25) is 0 Å². The molecule has 0 radical (unpaired) electrons. The predicted octanol–water partition coefficient (Wildman–Crippen LogP) is 16.8. The van der Waals surface area contributed by atoms with Crippen molar-refractivity contribution >= 4 is 27.3 Å². The van der Waals surface area contributed by atoms with Crippen molar-refractivity contribution in [3.63, 3.8) is 0 Å². The first-order valence-electron chi connectivity index (χ1n) is 24.5. The molecule has 8 aromatic carbocycles. The molecule has 0 aliphatic rings. The maximum atomic E-state index is 5.08. The van der Waals surface area contributed by atoms with Crippen molar-refractivity contribution < 1.29 is 20.1 Å². The Balaban J connectivity index is 0.00000556. The fraction of sp³-hybridized carbons (Fsp3) is 0.0294. The topological polar surface area (TPSA) is 56.0 Å². The Labute approximate surface area is 444 Å². The predicted molar refractivity (Wildman–Crippen MR) is 298 cm³/mol. The van der Waals surface area contributed by atoms with Crippen LogP contribution in [0.5, 0.6) is 0 Å². The molecule has 0 aliphatic heterocycles. The third kappa shape index (κ3) is 8.30. The molecule has 0 bridgehead atoms. The maximum absolute atomic E-state index is 5.08. The molecule has 0 atom stereocenters. The number of hydrogen-bond acceptors (Lipinski definition) is 4. The van der Waals surface area contributed by atoms with Gasteiger partial charge in [0.25, 0.3) is 0 Å². The van der Waals surface area contributed by atoms with Crippen LogP contribution in [0.4, 0.5) is 0 Å². The van der Waals surface area contributed by atoms with Gasteiger partial charge in [-0.15, -0.1) is 83.2 Å². The Hall–Kier alpha value is -8.93. The summed E-state index contributed by atoms with van der Waals surface area (Å²) in [5.74, 6) is 0.920. The van der Waals surface area contributed by atoms with E-state index in [1.807, 2.05) is 55.0 Å². The van der Waals surface area contributed by atoms with Crippen molar-refractivity contribution in [2.75, 3.05) is 0 Å². The van der Waals surface area contributed by atoms with Gasteiger partial charge >= 0.3 is 20.1 Å². The Morgan fingerprint density at radius 1 is 0.378 bits per heavy atom. The van der Waals surface area contributed by atoms with Gasteiger partial charge in [-0.2, -0.15) is 0 Å². The third-order valence-electron chi connectivity index (χ3n) is 14.0. The number of rotatable bonds is 9. The summed E-state index contributed by atoms with van der Waals surface area (Å²) >= 11 is 0. The van der Waals surface area contributed by atoms with Gasteiger partial charge in [0, 0.05) is 18.6 Å². The van der Waals surface area contributed by atoms with Crippen LogP contribution in [0.3, 0.4) is 0 Å². The molecule has 13 aromatic rings. The smallest absolute Gasteiger partial charge is 0.339 e. The van der Waals surface area contributed by atoms with E-state index in [9.17, 15) is 0 Å². The number of benzene rings is 8. The summed E-state index contributed by atoms with van der Waals surface area (Å²) in [6.45, 7) is 4.19. The Kier molecular flexibility index (Phi) is 12.2. The Morgan fingerprint density at radius 3 is 1.34 bits per heavy atom. The van der Waals surface area contributed by atoms with Crippen molar-refractivity contribution in [3.8, 4) is 100 Å². The molecule has 0 N–H and O–H groups in total. The Bertz CT molecular complexity index is 4040. The summed E-state index contributed by atoms with van der Waals surface area (Å²) < 4.78 is 2.30. The van der Waals surface area contributed by atoms with E-state index in [4.69, 9.17) is 9.97 Å². The average molecular weight is 1120 g/mol. The van der Waals surface area contributed by atoms with E-state index in [-0.39, 0.29) is 20.1 Å². The summed E-state index contributed by atoms with van der Waals surface area (Å²) in [7, 11) is 0. The van der Waals surface area contributed by atoms with Crippen LogP contribution >= 0.6 is 0 Å². The van der Waals surface area contributed by atoms with Gasteiger partial charge in [-0.05, 0) is 123 Å².